The van der Waals surface area contributed by atoms with Gasteiger partial charge >= 0.3 is 6.03 Å². The number of furan rings is 2. The first-order chi connectivity index (χ1) is 12.0. The number of nitrogens with zero attached hydrogens (tertiary/aromatic N) is 1. The molecule has 0 spiro atoms. The first-order valence-electron chi connectivity index (χ1n) is 8.71. The van der Waals surface area contributed by atoms with Crippen LogP contribution in [0.4, 0.5) is 4.79 Å². The zero-order valence-electron chi connectivity index (χ0n) is 15.3. The molecule has 1 aliphatic rings. The Morgan fingerprint density at radius 2 is 2.20 bits per heavy atom. The number of methoxy groups -OCH3 is 1. The van der Waals surface area contributed by atoms with Gasteiger partial charge in [-0.3, -0.25) is 0 Å². The topological polar surface area (TPSA) is 67.8 Å². The lowest BCUT2D eigenvalue weighted by Crippen LogP contribution is -2.40. The lowest BCUT2D eigenvalue weighted by atomic mass is 10.1. The number of hydrogen-bond donors (Lipinski definition) is 1. The summed E-state index contributed by atoms with van der Waals surface area (Å²) in [5.41, 5.74) is 1.02. The molecule has 25 heavy (non-hydrogen) atoms. The lowest BCUT2D eigenvalue weighted by molar-refractivity contribution is 0.155. The van der Waals surface area contributed by atoms with Crippen molar-refractivity contribution in [3.63, 3.8) is 0 Å². The molecule has 1 aliphatic heterocycles. The van der Waals surface area contributed by atoms with E-state index in [1.165, 1.54) is 0 Å². The van der Waals surface area contributed by atoms with Crippen molar-refractivity contribution in [1.82, 2.24) is 10.2 Å². The van der Waals surface area contributed by atoms with Crippen molar-refractivity contribution in [2.45, 2.75) is 52.3 Å². The molecule has 2 aromatic heterocycles. The summed E-state index contributed by atoms with van der Waals surface area (Å²) in [5.74, 6) is 3.30. The molecule has 2 aromatic rings. The number of carbonyl (C=O) groups excluding carboxylic acids is 1. The van der Waals surface area contributed by atoms with E-state index in [0.717, 1.165) is 48.0 Å². The zero-order valence-corrected chi connectivity index (χ0v) is 15.3. The summed E-state index contributed by atoms with van der Waals surface area (Å²) >= 11 is 0. The molecule has 0 saturated carbocycles. The number of rotatable bonds is 5. The molecule has 6 nitrogen and oxygen atoms in total. The standard InChI is InChI=1S/C19H26N2O4/c1-12-10-16(14(3)24-12)13(2)20-19(22)21-9-5-6-17(21)18-8-7-15(25-18)11-23-4/h7-8,10,13,17H,5-6,9,11H2,1-4H3,(H,20,22)/t13-,17+/m1/s1. The number of nitrogens with one attached hydrogen (secondary N) is 1. The van der Waals surface area contributed by atoms with Gasteiger partial charge in [0.1, 0.15) is 29.6 Å². The molecule has 3 heterocycles. The summed E-state index contributed by atoms with van der Waals surface area (Å²) in [6, 6.07) is 5.63. The average molecular weight is 346 g/mol. The highest BCUT2D eigenvalue weighted by Gasteiger charge is 2.33. The molecule has 3 rings (SSSR count). The minimum atomic E-state index is -0.105. The molecular formula is C19H26N2O4. The molecule has 0 aliphatic carbocycles. The summed E-state index contributed by atoms with van der Waals surface area (Å²) in [7, 11) is 1.64. The van der Waals surface area contributed by atoms with E-state index in [2.05, 4.69) is 5.32 Å². The van der Waals surface area contributed by atoms with Crippen LogP contribution in [-0.2, 0) is 11.3 Å². The fraction of sp³-hybridized carbons (Fsp3) is 0.526. The predicted molar refractivity (Wildman–Crippen MR) is 93.2 cm³/mol. The second-order valence-electron chi connectivity index (χ2n) is 6.63. The van der Waals surface area contributed by atoms with Crippen LogP contribution in [-0.4, -0.2) is 24.6 Å². The van der Waals surface area contributed by atoms with Crippen LogP contribution < -0.4 is 5.32 Å². The van der Waals surface area contributed by atoms with Crippen molar-refractivity contribution in [1.29, 1.82) is 0 Å². The maximum atomic E-state index is 12.8. The van der Waals surface area contributed by atoms with Gasteiger partial charge in [-0.1, -0.05) is 0 Å². The minimum Gasteiger partial charge on any atom is -0.466 e. The molecular weight excluding hydrogens is 320 g/mol. The molecule has 2 amide bonds. The maximum Gasteiger partial charge on any atom is 0.318 e. The lowest BCUT2D eigenvalue weighted by Gasteiger charge is -2.25. The number of ether oxygens (including phenoxy) is 1. The Labute approximate surface area is 148 Å². The number of hydrogen-bond acceptors (Lipinski definition) is 4. The fourth-order valence-electron chi connectivity index (χ4n) is 3.53. The van der Waals surface area contributed by atoms with Gasteiger partial charge in [-0.05, 0) is 51.8 Å². The number of aryl methyl sites for hydroxylation is 2. The van der Waals surface area contributed by atoms with Crippen molar-refractivity contribution < 1.29 is 18.4 Å². The van der Waals surface area contributed by atoms with E-state index in [-0.39, 0.29) is 18.1 Å². The molecule has 0 radical (unpaired) electrons. The van der Waals surface area contributed by atoms with E-state index in [9.17, 15) is 4.79 Å². The largest absolute Gasteiger partial charge is 0.466 e. The Morgan fingerprint density at radius 3 is 2.88 bits per heavy atom. The Morgan fingerprint density at radius 1 is 1.40 bits per heavy atom. The van der Waals surface area contributed by atoms with Crippen molar-refractivity contribution in [2.24, 2.45) is 0 Å². The SMILES string of the molecule is COCc1ccc([C@@H]2CCCN2C(=O)N[C@H](C)c2cc(C)oc2C)o1. The van der Waals surface area contributed by atoms with Gasteiger partial charge in [-0.2, -0.15) is 0 Å². The Balaban J connectivity index is 1.68. The third-order valence-electron chi connectivity index (χ3n) is 4.70. The molecule has 2 atom stereocenters. The van der Waals surface area contributed by atoms with E-state index >= 15 is 0 Å². The van der Waals surface area contributed by atoms with Crippen LogP contribution >= 0.6 is 0 Å². The quantitative estimate of drug-likeness (QED) is 0.879. The summed E-state index contributed by atoms with van der Waals surface area (Å²) in [5, 5.41) is 3.08. The van der Waals surface area contributed by atoms with E-state index in [4.69, 9.17) is 13.6 Å². The van der Waals surface area contributed by atoms with Crippen LogP contribution in [0.5, 0.6) is 0 Å². The summed E-state index contributed by atoms with van der Waals surface area (Å²) < 4.78 is 16.5. The van der Waals surface area contributed by atoms with Gasteiger partial charge in [0.25, 0.3) is 0 Å². The Bertz CT molecular complexity index is 734. The molecule has 1 fully saturated rings. The predicted octanol–water partition coefficient (Wildman–Crippen LogP) is 4.24. The highest BCUT2D eigenvalue weighted by Crippen LogP contribution is 2.33. The van der Waals surface area contributed by atoms with Gasteiger partial charge in [-0.15, -0.1) is 0 Å². The van der Waals surface area contributed by atoms with E-state index in [1.54, 1.807) is 7.11 Å². The number of urea groups is 1. The average Bonchev–Trinajstić information content (AvgIpc) is 3.26. The first kappa shape index (κ1) is 17.6. The summed E-state index contributed by atoms with van der Waals surface area (Å²) in [4.78, 5) is 14.6. The fourth-order valence-corrected chi connectivity index (χ4v) is 3.53. The number of amides is 2. The Kier molecular flexibility index (Phi) is 5.18. The second-order valence-corrected chi connectivity index (χ2v) is 6.63. The van der Waals surface area contributed by atoms with Crippen LogP contribution in [0.3, 0.4) is 0 Å². The van der Waals surface area contributed by atoms with Gasteiger partial charge in [-0.25, -0.2) is 4.79 Å². The normalized spacial score (nSPS) is 18.6. The van der Waals surface area contributed by atoms with Crippen molar-refractivity contribution in [3.8, 4) is 0 Å². The molecule has 136 valence electrons. The number of likely N-dealkylation sites (tertiary alicyclic amines) is 1. The van der Waals surface area contributed by atoms with E-state index < -0.39 is 0 Å². The zero-order chi connectivity index (χ0) is 18.0. The molecule has 1 saturated heterocycles. The molecule has 1 N–H and O–H groups in total. The monoisotopic (exact) mass is 346 g/mol. The first-order valence-corrected chi connectivity index (χ1v) is 8.71. The van der Waals surface area contributed by atoms with Crippen LogP contribution in [0, 0.1) is 13.8 Å². The van der Waals surface area contributed by atoms with Crippen LogP contribution in [0.2, 0.25) is 0 Å². The van der Waals surface area contributed by atoms with Gasteiger partial charge in [0.2, 0.25) is 0 Å². The third-order valence-corrected chi connectivity index (χ3v) is 4.70. The smallest absolute Gasteiger partial charge is 0.318 e. The maximum absolute atomic E-state index is 12.8. The third kappa shape index (κ3) is 3.74. The van der Waals surface area contributed by atoms with Crippen molar-refractivity contribution >= 4 is 6.03 Å². The Hall–Kier alpha value is -2.21. The molecule has 0 bridgehead atoms. The van der Waals surface area contributed by atoms with Gasteiger partial charge in [0.15, 0.2) is 0 Å². The minimum absolute atomic E-state index is 0.0232. The van der Waals surface area contributed by atoms with Crippen molar-refractivity contribution in [3.05, 3.63) is 46.8 Å². The molecule has 0 unspecified atom stereocenters. The van der Waals surface area contributed by atoms with Crippen LogP contribution in [0.1, 0.15) is 60.5 Å². The van der Waals surface area contributed by atoms with Gasteiger partial charge in [0, 0.05) is 19.2 Å². The van der Waals surface area contributed by atoms with E-state index in [1.807, 2.05) is 43.9 Å². The van der Waals surface area contributed by atoms with Crippen molar-refractivity contribution in [2.75, 3.05) is 13.7 Å². The number of carbonyl (C=O) groups is 1. The summed E-state index contributed by atoms with van der Waals surface area (Å²) in [6.07, 6.45) is 1.88. The molecule has 6 heteroatoms. The van der Waals surface area contributed by atoms with Crippen LogP contribution in [0.25, 0.3) is 0 Å². The van der Waals surface area contributed by atoms with Gasteiger partial charge < -0.3 is 23.8 Å². The second kappa shape index (κ2) is 7.35. The van der Waals surface area contributed by atoms with E-state index in [0.29, 0.717) is 6.61 Å². The highest BCUT2D eigenvalue weighted by atomic mass is 16.5. The van der Waals surface area contributed by atoms with Crippen LogP contribution in [0.15, 0.2) is 27.0 Å². The highest BCUT2D eigenvalue weighted by molar-refractivity contribution is 5.75. The molecule has 0 aromatic carbocycles. The summed E-state index contributed by atoms with van der Waals surface area (Å²) in [6.45, 7) is 6.98. The van der Waals surface area contributed by atoms with Gasteiger partial charge in [0.05, 0.1) is 12.1 Å².